The van der Waals surface area contributed by atoms with E-state index in [0.29, 0.717) is 0 Å². The molecule has 1 saturated carbocycles. The number of fused-ring (bicyclic) bond motifs is 3. The summed E-state index contributed by atoms with van der Waals surface area (Å²) in [7, 11) is 0. The largest absolute Gasteiger partial charge is 0.480 e. The summed E-state index contributed by atoms with van der Waals surface area (Å²) in [5.41, 5.74) is 4.48. The number of alkyl carbamates (subject to hydrolysis) is 1. The second-order valence-corrected chi connectivity index (χ2v) is 7.75. The Bertz CT molecular complexity index is 924. The molecule has 3 N–H and O–H groups in total. The van der Waals surface area contributed by atoms with Crippen LogP contribution in [0.2, 0.25) is 0 Å². The van der Waals surface area contributed by atoms with Gasteiger partial charge in [-0.3, -0.25) is 4.79 Å². The van der Waals surface area contributed by atoms with E-state index in [2.05, 4.69) is 22.8 Å². The van der Waals surface area contributed by atoms with E-state index in [9.17, 15) is 19.5 Å². The maximum absolute atomic E-state index is 12.1. The maximum atomic E-state index is 12.1. The Morgan fingerprint density at radius 3 is 2.13 bits per heavy atom. The number of hydrogen-bond acceptors (Lipinski definition) is 4. The smallest absolute Gasteiger partial charge is 0.407 e. The van der Waals surface area contributed by atoms with Crippen molar-refractivity contribution in [2.24, 2.45) is 5.92 Å². The molecule has 30 heavy (non-hydrogen) atoms. The van der Waals surface area contributed by atoms with Gasteiger partial charge in [-0.15, -0.1) is 0 Å². The zero-order chi connectivity index (χ0) is 21.1. The van der Waals surface area contributed by atoms with E-state index < -0.39 is 24.0 Å². The normalized spacial score (nSPS) is 16.0. The van der Waals surface area contributed by atoms with Crippen LogP contribution < -0.4 is 10.6 Å². The fourth-order valence-corrected chi connectivity index (χ4v) is 4.18. The van der Waals surface area contributed by atoms with Gasteiger partial charge in [0.2, 0.25) is 5.91 Å². The Kier molecular flexibility index (Phi) is 5.70. The molecule has 2 amide bonds. The average Bonchev–Trinajstić information content (AvgIpc) is 3.03. The standard InChI is InChI=1S/C23H24N2O5/c26-20(25-21(22(27)28)14-6-5-7-14)12-24-23(29)30-13-19-17-10-3-1-8-15(17)16-9-2-4-11-18(16)19/h1-4,8-11,14,19,21H,5-7,12-13H2,(H,24,29)(H,25,26)(H,27,28). The summed E-state index contributed by atoms with van der Waals surface area (Å²) in [5.74, 6) is -1.69. The zero-order valence-electron chi connectivity index (χ0n) is 16.5. The first-order chi connectivity index (χ1) is 14.5. The lowest BCUT2D eigenvalue weighted by molar-refractivity contribution is -0.144. The van der Waals surface area contributed by atoms with Crippen molar-refractivity contribution in [1.82, 2.24) is 10.6 Å². The lowest BCUT2D eigenvalue weighted by atomic mass is 9.79. The summed E-state index contributed by atoms with van der Waals surface area (Å²) in [6.07, 6.45) is 1.85. The van der Waals surface area contributed by atoms with Gasteiger partial charge in [0.1, 0.15) is 19.2 Å². The minimum Gasteiger partial charge on any atom is -0.480 e. The molecule has 0 spiro atoms. The van der Waals surface area contributed by atoms with Crippen LogP contribution in [0.25, 0.3) is 11.1 Å². The van der Waals surface area contributed by atoms with Gasteiger partial charge in [0.15, 0.2) is 0 Å². The summed E-state index contributed by atoms with van der Waals surface area (Å²) in [5, 5.41) is 14.2. The van der Waals surface area contributed by atoms with Gasteiger partial charge in [-0.2, -0.15) is 0 Å². The van der Waals surface area contributed by atoms with Crippen molar-refractivity contribution in [2.45, 2.75) is 31.2 Å². The predicted octanol–water partition coefficient (Wildman–Crippen LogP) is 2.89. The highest BCUT2D eigenvalue weighted by molar-refractivity contribution is 5.87. The minimum absolute atomic E-state index is 0.0408. The molecule has 1 unspecified atom stereocenters. The quantitative estimate of drug-likeness (QED) is 0.653. The van der Waals surface area contributed by atoms with Crippen LogP contribution in [0.4, 0.5) is 4.79 Å². The molecule has 156 valence electrons. The van der Waals surface area contributed by atoms with Crippen LogP contribution in [0.15, 0.2) is 48.5 Å². The molecule has 2 aliphatic rings. The number of carbonyl (C=O) groups is 3. The zero-order valence-corrected chi connectivity index (χ0v) is 16.5. The van der Waals surface area contributed by atoms with Gasteiger partial charge < -0.3 is 20.5 Å². The highest BCUT2D eigenvalue weighted by Gasteiger charge is 2.34. The van der Waals surface area contributed by atoms with Crippen molar-refractivity contribution < 1.29 is 24.2 Å². The number of rotatable bonds is 7. The molecule has 2 aromatic rings. The molecule has 1 fully saturated rings. The van der Waals surface area contributed by atoms with Crippen LogP contribution in [0, 0.1) is 5.92 Å². The molecular formula is C23H24N2O5. The Labute approximate surface area is 174 Å². The van der Waals surface area contributed by atoms with Gasteiger partial charge in [0.05, 0.1) is 0 Å². The first-order valence-electron chi connectivity index (χ1n) is 10.2. The molecule has 1 atom stereocenters. The van der Waals surface area contributed by atoms with Gasteiger partial charge in [-0.25, -0.2) is 9.59 Å². The van der Waals surface area contributed by atoms with E-state index in [1.807, 2.05) is 36.4 Å². The number of carboxylic acid groups (broad SMARTS) is 1. The number of aliphatic carboxylic acids is 1. The summed E-state index contributed by atoms with van der Waals surface area (Å²) in [6.45, 7) is -0.172. The Morgan fingerprint density at radius 2 is 1.60 bits per heavy atom. The topological polar surface area (TPSA) is 105 Å². The van der Waals surface area contributed by atoms with Crippen molar-refractivity contribution in [3.8, 4) is 11.1 Å². The number of carboxylic acids is 1. The second-order valence-electron chi connectivity index (χ2n) is 7.75. The summed E-state index contributed by atoms with van der Waals surface area (Å²) >= 11 is 0. The second kappa shape index (κ2) is 8.57. The first-order valence-corrected chi connectivity index (χ1v) is 10.2. The van der Waals surface area contributed by atoms with Gasteiger partial charge in [0, 0.05) is 5.92 Å². The van der Waals surface area contributed by atoms with Crippen LogP contribution in [0.3, 0.4) is 0 Å². The minimum atomic E-state index is -1.05. The van der Waals surface area contributed by atoms with Crippen LogP contribution in [-0.4, -0.2) is 42.3 Å². The fourth-order valence-electron chi connectivity index (χ4n) is 4.18. The highest BCUT2D eigenvalue weighted by atomic mass is 16.5. The number of carbonyl (C=O) groups excluding carboxylic acids is 2. The molecular weight excluding hydrogens is 384 g/mol. The third-order valence-corrected chi connectivity index (χ3v) is 5.94. The molecule has 0 radical (unpaired) electrons. The van der Waals surface area contributed by atoms with Gasteiger partial charge in [-0.1, -0.05) is 55.0 Å². The van der Waals surface area contributed by atoms with Gasteiger partial charge >= 0.3 is 12.1 Å². The molecule has 7 nitrogen and oxygen atoms in total. The maximum Gasteiger partial charge on any atom is 0.407 e. The number of hydrogen-bond donors (Lipinski definition) is 3. The Hall–Kier alpha value is -3.35. The van der Waals surface area contributed by atoms with E-state index in [1.54, 1.807) is 0 Å². The Balaban J connectivity index is 1.30. The molecule has 0 saturated heterocycles. The number of nitrogens with one attached hydrogen (secondary N) is 2. The van der Waals surface area contributed by atoms with Crippen LogP contribution >= 0.6 is 0 Å². The third-order valence-electron chi connectivity index (χ3n) is 5.94. The SMILES string of the molecule is O=C(CNC(=O)OCC1c2ccccc2-c2ccccc21)NC(C(=O)O)C1CCC1. The van der Waals surface area contributed by atoms with Crippen molar-refractivity contribution >= 4 is 18.0 Å². The van der Waals surface area contributed by atoms with Gasteiger partial charge in [-0.05, 0) is 41.0 Å². The van der Waals surface area contributed by atoms with Crippen LogP contribution in [0.1, 0.15) is 36.3 Å². The molecule has 2 aromatic carbocycles. The van der Waals surface area contributed by atoms with E-state index >= 15 is 0 Å². The van der Waals surface area contributed by atoms with Crippen molar-refractivity contribution in [3.05, 3.63) is 59.7 Å². The third kappa shape index (κ3) is 4.01. The van der Waals surface area contributed by atoms with Crippen LogP contribution in [-0.2, 0) is 14.3 Å². The van der Waals surface area contributed by atoms with Crippen molar-refractivity contribution in [1.29, 1.82) is 0 Å². The summed E-state index contributed by atoms with van der Waals surface area (Å²) in [4.78, 5) is 35.5. The van der Waals surface area contributed by atoms with Crippen LogP contribution in [0.5, 0.6) is 0 Å². The van der Waals surface area contributed by atoms with E-state index in [1.165, 1.54) is 0 Å². The molecule has 4 rings (SSSR count). The predicted molar refractivity (Wildman–Crippen MR) is 110 cm³/mol. The molecule has 2 aliphatic carbocycles. The lowest BCUT2D eigenvalue weighted by Gasteiger charge is -2.31. The van der Waals surface area contributed by atoms with E-state index in [0.717, 1.165) is 41.5 Å². The monoisotopic (exact) mass is 408 g/mol. The molecule has 7 heteroatoms. The molecule has 0 bridgehead atoms. The number of ether oxygens (including phenoxy) is 1. The summed E-state index contributed by atoms with van der Waals surface area (Å²) in [6, 6.07) is 15.2. The van der Waals surface area contributed by atoms with E-state index in [-0.39, 0.29) is 25.0 Å². The molecule has 0 aromatic heterocycles. The lowest BCUT2D eigenvalue weighted by Crippen LogP contribution is -2.50. The van der Waals surface area contributed by atoms with Crippen molar-refractivity contribution in [2.75, 3.05) is 13.2 Å². The van der Waals surface area contributed by atoms with E-state index in [4.69, 9.17) is 4.74 Å². The van der Waals surface area contributed by atoms with Gasteiger partial charge in [0.25, 0.3) is 0 Å². The fraction of sp³-hybridized carbons (Fsp3) is 0.348. The number of benzene rings is 2. The van der Waals surface area contributed by atoms with Crippen molar-refractivity contribution in [3.63, 3.8) is 0 Å². The number of amides is 2. The molecule has 0 heterocycles. The highest BCUT2D eigenvalue weighted by Crippen LogP contribution is 2.44. The first kappa shape index (κ1) is 19.9. The summed E-state index contributed by atoms with van der Waals surface area (Å²) < 4.78 is 5.38. The molecule has 0 aliphatic heterocycles. The average molecular weight is 408 g/mol. The Morgan fingerprint density at radius 1 is 1.00 bits per heavy atom.